The van der Waals surface area contributed by atoms with Crippen molar-refractivity contribution in [2.45, 2.75) is 18.7 Å². The summed E-state index contributed by atoms with van der Waals surface area (Å²) in [5.74, 6) is -0.277. The lowest BCUT2D eigenvalue weighted by molar-refractivity contribution is 0.348. The van der Waals surface area contributed by atoms with E-state index in [2.05, 4.69) is 4.90 Å². The average Bonchev–Trinajstić information content (AvgIpc) is 2.69. The molecule has 2 aromatic carbocycles. The summed E-state index contributed by atoms with van der Waals surface area (Å²) in [5, 5.41) is 9.46. The molecule has 3 rings (SSSR count). The molecule has 7 heteroatoms. The van der Waals surface area contributed by atoms with Gasteiger partial charge in [-0.3, -0.25) is 0 Å². The number of hydrogen-bond donors (Lipinski definition) is 0. The van der Waals surface area contributed by atoms with Gasteiger partial charge >= 0.3 is 0 Å². The van der Waals surface area contributed by atoms with E-state index in [9.17, 15) is 18.1 Å². The van der Waals surface area contributed by atoms with Crippen LogP contribution in [0.3, 0.4) is 0 Å². The van der Waals surface area contributed by atoms with E-state index in [1.165, 1.54) is 24.4 Å². The maximum absolute atomic E-state index is 13.1. The van der Waals surface area contributed by atoms with Crippen LogP contribution < -0.4 is 4.90 Å². The molecule has 28 heavy (non-hydrogen) atoms. The van der Waals surface area contributed by atoms with Gasteiger partial charge in [0.1, 0.15) is 11.9 Å². The molecule has 0 N–H and O–H groups in total. The number of rotatable bonds is 4. The highest BCUT2D eigenvalue weighted by Gasteiger charge is 2.24. The van der Waals surface area contributed by atoms with Crippen molar-refractivity contribution in [3.63, 3.8) is 0 Å². The highest BCUT2D eigenvalue weighted by atomic mass is 32.2. The normalized spacial score (nSPS) is 15.4. The third-order valence-electron chi connectivity index (χ3n) is 4.99. The molecular weight excluding hydrogens is 377 g/mol. The molecule has 0 unspecified atom stereocenters. The second kappa shape index (κ2) is 8.03. The van der Waals surface area contributed by atoms with Gasteiger partial charge in [0.05, 0.1) is 4.90 Å². The quantitative estimate of drug-likeness (QED) is 0.738. The van der Waals surface area contributed by atoms with Crippen LogP contribution in [0.15, 0.2) is 58.5 Å². The second-order valence-electron chi connectivity index (χ2n) is 6.85. The van der Waals surface area contributed by atoms with Gasteiger partial charge in [0.2, 0.25) is 9.84 Å². The summed E-state index contributed by atoms with van der Waals surface area (Å²) >= 11 is 0. The number of aryl methyl sites for hydroxylation is 2. The van der Waals surface area contributed by atoms with E-state index in [1.807, 2.05) is 24.8 Å². The van der Waals surface area contributed by atoms with Crippen LogP contribution >= 0.6 is 0 Å². The van der Waals surface area contributed by atoms with Crippen molar-refractivity contribution in [1.82, 2.24) is 4.90 Å². The van der Waals surface area contributed by atoms with Crippen molar-refractivity contribution in [3.05, 3.63) is 70.5 Å². The topological polar surface area (TPSA) is 64.4 Å². The van der Waals surface area contributed by atoms with Crippen LogP contribution in [-0.4, -0.2) is 39.5 Å². The van der Waals surface area contributed by atoms with Crippen molar-refractivity contribution >= 4 is 15.5 Å². The van der Waals surface area contributed by atoms with Crippen molar-refractivity contribution in [2.75, 3.05) is 31.1 Å². The van der Waals surface area contributed by atoms with Crippen LogP contribution in [0.2, 0.25) is 0 Å². The Morgan fingerprint density at radius 1 is 1.04 bits per heavy atom. The number of nitriles is 1. The molecule has 0 spiro atoms. The molecular formula is C21H22FN3O2S. The number of halogens is 1. The number of benzene rings is 2. The predicted molar refractivity (Wildman–Crippen MR) is 107 cm³/mol. The first kappa shape index (κ1) is 19.9. The van der Waals surface area contributed by atoms with Crippen LogP contribution in [0.5, 0.6) is 0 Å². The molecule has 2 aromatic rings. The average molecular weight is 399 g/mol. The van der Waals surface area contributed by atoms with Gasteiger partial charge in [0, 0.05) is 38.1 Å². The fourth-order valence-electron chi connectivity index (χ4n) is 3.09. The Bertz CT molecular complexity index is 1030. The van der Waals surface area contributed by atoms with E-state index in [0.717, 1.165) is 16.8 Å². The Morgan fingerprint density at radius 3 is 2.25 bits per heavy atom. The van der Waals surface area contributed by atoms with Crippen LogP contribution in [0.25, 0.3) is 0 Å². The molecule has 0 atom stereocenters. The Labute approximate surface area is 165 Å². The van der Waals surface area contributed by atoms with Crippen molar-refractivity contribution < 1.29 is 12.8 Å². The Hall–Kier alpha value is -2.85. The molecule has 0 aromatic heterocycles. The van der Waals surface area contributed by atoms with Crippen molar-refractivity contribution in [1.29, 1.82) is 5.26 Å². The first-order valence-corrected chi connectivity index (χ1v) is 10.5. The maximum atomic E-state index is 13.1. The summed E-state index contributed by atoms with van der Waals surface area (Å²) < 4.78 is 38.8. The molecule has 0 radical (unpaired) electrons. The number of piperazine rings is 1. The maximum Gasteiger partial charge on any atom is 0.218 e. The molecule has 1 fully saturated rings. The van der Waals surface area contributed by atoms with E-state index in [4.69, 9.17) is 0 Å². The molecule has 5 nitrogen and oxygen atoms in total. The standard InChI is InChI=1S/C21H22FN3O2S/c1-16-3-8-20(13-17(16)2)28(26,27)21(14-23)15-24-9-11-25(12-10-24)19-6-4-18(22)5-7-19/h3-8,13,15H,9-12H2,1-2H3. The Balaban J connectivity index is 1.75. The number of allylic oxidation sites excluding steroid dienone is 1. The number of sulfone groups is 1. The van der Waals surface area contributed by atoms with E-state index in [0.29, 0.717) is 26.2 Å². The molecule has 1 saturated heterocycles. The lowest BCUT2D eigenvalue weighted by atomic mass is 10.1. The molecule has 1 heterocycles. The summed E-state index contributed by atoms with van der Waals surface area (Å²) in [6.07, 6.45) is 1.44. The smallest absolute Gasteiger partial charge is 0.218 e. The zero-order valence-corrected chi connectivity index (χ0v) is 16.7. The van der Waals surface area contributed by atoms with Gasteiger partial charge in [-0.1, -0.05) is 6.07 Å². The van der Waals surface area contributed by atoms with Crippen molar-refractivity contribution in [3.8, 4) is 6.07 Å². The molecule has 1 aliphatic rings. The van der Waals surface area contributed by atoms with Crippen LogP contribution in [0.1, 0.15) is 11.1 Å². The molecule has 1 aliphatic heterocycles. The lowest BCUT2D eigenvalue weighted by Crippen LogP contribution is -2.44. The summed E-state index contributed by atoms with van der Waals surface area (Å²) in [4.78, 5) is 3.82. The van der Waals surface area contributed by atoms with E-state index >= 15 is 0 Å². The summed E-state index contributed by atoms with van der Waals surface area (Å²) in [5.41, 5.74) is 2.79. The minimum absolute atomic E-state index is 0.133. The van der Waals surface area contributed by atoms with Gasteiger partial charge in [-0.15, -0.1) is 0 Å². The number of nitrogens with zero attached hydrogens (tertiary/aromatic N) is 3. The molecule has 0 bridgehead atoms. The van der Waals surface area contributed by atoms with Gasteiger partial charge in [0.15, 0.2) is 4.91 Å². The van der Waals surface area contributed by atoms with Crippen LogP contribution in [0.4, 0.5) is 10.1 Å². The monoisotopic (exact) mass is 399 g/mol. The minimum Gasteiger partial charge on any atom is -0.372 e. The summed E-state index contributed by atoms with van der Waals surface area (Å²) in [6, 6.07) is 13.0. The first-order chi connectivity index (χ1) is 13.3. The number of hydrogen-bond acceptors (Lipinski definition) is 5. The van der Waals surface area contributed by atoms with Crippen LogP contribution in [0, 0.1) is 31.0 Å². The highest BCUT2D eigenvalue weighted by Crippen LogP contribution is 2.23. The van der Waals surface area contributed by atoms with E-state index in [-0.39, 0.29) is 15.6 Å². The van der Waals surface area contributed by atoms with Gasteiger partial charge < -0.3 is 9.80 Å². The molecule has 0 saturated carbocycles. The Kier molecular flexibility index (Phi) is 5.71. The SMILES string of the molecule is Cc1ccc(S(=O)(=O)C(C#N)=CN2CCN(c3ccc(F)cc3)CC2)cc1C. The van der Waals surface area contributed by atoms with Crippen LogP contribution in [-0.2, 0) is 9.84 Å². The van der Waals surface area contributed by atoms with E-state index < -0.39 is 9.84 Å². The largest absolute Gasteiger partial charge is 0.372 e. The number of anilines is 1. The highest BCUT2D eigenvalue weighted by molar-refractivity contribution is 7.95. The van der Waals surface area contributed by atoms with Gasteiger partial charge in [-0.05, 0) is 61.4 Å². The molecule has 0 aliphatic carbocycles. The van der Waals surface area contributed by atoms with Gasteiger partial charge in [-0.2, -0.15) is 5.26 Å². The summed E-state index contributed by atoms with van der Waals surface area (Å²) in [6.45, 7) is 6.22. The lowest BCUT2D eigenvalue weighted by Gasteiger charge is -2.35. The summed E-state index contributed by atoms with van der Waals surface area (Å²) in [7, 11) is -3.86. The third kappa shape index (κ3) is 4.18. The third-order valence-corrected chi connectivity index (χ3v) is 6.64. The first-order valence-electron chi connectivity index (χ1n) is 9.00. The second-order valence-corrected chi connectivity index (χ2v) is 8.77. The zero-order valence-electron chi connectivity index (χ0n) is 15.9. The van der Waals surface area contributed by atoms with Crippen molar-refractivity contribution in [2.24, 2.45) is 0 Å². The minimum atomic E-state index is -3.86. The molecule has 0 amide bonds. The van der Waals surface area contributed by atoms with Gasteiger partial charge in [0.25, 0.3) is 0 Å². The molecule has 146 valence electrons. The Morgan fingerprint density at radius 2 is 1.68 bits per heavy atom. The zero-order chi connectivity index (χ0) is 20.3. The fourth-order valence-corrected chi connectivity index (χ4v) is 4.33. The van der Waals surface area contributed by atoms with Gasteiger partial charge in [-0.25, -0.2) is 12.8 Å². The predicted octanol–water partition coefficient (Wildman–Crippen LogP) is 3.40. The van der Waals surface area contributed by atoms with E-state index in [1.54, 1.807) is 24.3 Å². The fraction of sp³-hybridized carbons (Fsp3) is 0.286.